The summed E-state index contributed by atoms with van der Waals surface area (Å²) < 4.78 is 16.7. The van der Waals surface area contributed by atoms with Crippen LogP contribution < -0.4 is 14.8 Å². The molecule has 1 N–H and O–H groups in total. The first kappa shape index (κ1) is 22.5. The van der Waals surface area contributed by atoms with Gasteiger partial charge in [0.2, 0.25) is 12.7 Å². The molecule has 0 aliphatic carbocycles. The van der Waals surface area contributed by atoms with Crippen LogP contribution in [0, 0.1) is 19.8 Å². The number of nitrogens with one attached hydrogen (secondary N) is 1. The minimum absolute atomic E-state index is 0.300. The van der Waals surface area contributed by atoms with Crippen molar-refractivity contribution in [3.05, 3.63) is 41.1 Å². The molecule has 1 aromatic heterocycles. The van der Waals surface area contributed by atoms with Crippen LogP contribution in [-0.2, 0) is 13.1 Å². The van der Waals surface area contributed by atoms with E-state index in [0.29, 0.717) is 12.7 Å². The third-order valence-electron chi connectivity index (χ3n) is 6.19. The number of hydrogen-bond donors (Lipinski definition) is 1. The molecular formula is C24H35N5O3. The smallest absolute Gasteiger partial charge is 0.231 e. The van der Waals surface area contributed by atoms with Crippen LogP contribution in [0.5, 0.6) is 11.5 Å². The molecule has 1 fully saturated rings. The summed E-state index contributed by atoms with van der Waals surface area (Å²) in [7, 11) is 2.08. The molecule has 8 nitrogen and oxygen atoms in total. The lowest BCUT2D eigenvalue weighted by Crippen LogP contribution is -2.39. The van der Waals surface area contributed by atoms with Crippen LogP contribution in [0.3, 0.4) is 0 Å². The van der Waals surface area contributed by atoms with E-state index in [1.165, 1.54) is 5.56 Å². The van der Waals surface area contributed by atoms with E-state index in [2.05, 4.69) is 46.2 Å². The van der Waals surface area contributed by atoms with E-state index < -0.39 is 0 Å². The molecule has 32 heavy (non-hydrogen) atoms. The van der Waals surface area contributed by atoms with Gasteiger partial charge in [-0.25, -0.2) is 4.98 Å². The third-order valence-corrected chi connectivity index (χ3v) is 6.19. The molecule has 0 saturated carbocycles. The zero-order chi connectivity index (χ0) is 22.5. The lowest BCUT2D eigenvalue weighted by atomic mass is 9.97. The molecule has 8 heteroatoms. The van der Waals surface area contributed by atoms with Gasteiger partial charge < -0.3 is 24.1 Å². The van der Waals surface area contributed by atoms with E-state index >= 15 is 0 Å². The number of likely N-dealkylation sites (tertiary alicyclic amines) is 1. The van der Waals surface area contributed by atoms with Gasteiger partial charge in [0.05, 0.1) is 12.2 Å². The number of rotatable bonds is 7. The van der Waals surface area contributed by atoms with Gasteiger partial charge in [-0.2, -0.15) is 0 Å². The Balaban J connectivity index is 1.28. The lowest BCUT2D eigenvalue weighted by Gasteiger charge is -2.30. The molecule has 2 aromatic rings. The van der Waals surface area contributed by atoms with Crippen molar-refractivity contribution < 1.29 is 13.9 Å². The molecule has 0 bridgehead atoms. The highest BCUT2D eigenvalue weighted by molar-refractivity contribution is 5.79. The number of piperidine rings is 1. The Kier molecular flexibility index (Phi) is 7.19. The summed E-state index contributed by atoms with van der Waals surface area (Å²) in [5.74, 6) is 4.93. The quantitative estimate of drug-likeness (QED) is 0.522. The SMILES string of the molecule is CCNC(=NCC1CCN(Cc2nc(C)c(C)o2)CC1)N(C)Cc1ccc2c(c1)OCO2. The van der Waals surface area contributed by atoms with E-state index in [-0.39, 0.29) is 0 Å². The van der Waals surface area contributed by atoms with Crippen LogP contribution in [0.15, 0.2) is 27.6 Å². The highest BCUT2D eigenvalue weighted by Crippen LogP contribution is 2.32. The van der Waals surface area contributed by atoms with Crippen molar-refractivity contribution in [2.75, 3.05) is 40.0 Å². The highest BCUT2D eigenvalue weighted by atomic mass is 16.7. The van der Waals surface area contributed by atoms with Gasteiger partial charge in [-0.3, -0.25) is 9.89 Å². The number of aryl methyl sites for hydroxylation is 2. The van der Waals surface area contributed by atoms with Crippen LogP contribution in [0.25, 0.3) is 0 Å². The van der Waals surface area contributed by atoms with E-state index in [4.69, 9.17) is 18.9 Å². The van der Waals surface area contributed by atoms with Crippen molar-refractivity contribution in [3.8, 4) is 11.5 Å². The number of guanidine groups is 1. The number of benzene rings is 1. The Morgan fingerprint density at radius 3 is 2.72 bits per heavy atom. The minimum Gasteiger partial charge on any atom is -0.454 e. The molecule has 2 aliphatic rings. The summed E-state index contributed by atoms with van der Waals surface area (Å²) in [6.07, 6.45) is 2.29. The van der Waals surface area contributed by atoms with Gasteiger partial charge in [0.1, 0.15) is 5.76 Å². The molecule has 1 aromatic carbocycles. The second-order valence-corrected chi connectivity index (χ2v) is 8.71. The maximum absolute atomic E-state index is 5.75. The van der Waals surface area contributed by atoms with E-state index in [1.54, 1.807) is 0 Å². The van der Waals surface area contributed by atoms with Crippen molar-refractivity contribution in [2.45, 2.75) is 46.7 Å². The molecule has 0 atom stereocenters. The third kappa shape index (κ3) is 5.54. The first-order chi connectivity index (χ1) is 15.5. The number of aliphatic imine (C=N–C) groups is 1. The zero-order valence-corrected chi connectivity index (χ0v) is 19.7. The molecule has 0 amide bonds. The van der Waals surface area contributed by atoms with E-state index in [1.807, 2.05) is 19.9 Å². The number of oxazole rings is 1. The predicted molar refractivity (Wildman–Crippen MR) is 124 cm³/mol. The summed E-state index contributed by atoms with van der Waals surface area (Å²) in [6.45, 7) is 11.7. The standard InChI is InChI=1S/C24H35N5O3/c1-5-25-24(28(4)14-20-6-7-21-22(12-20)31-16-30-21)26-13-19-8-10-29(11-9-19)15-23-27-17(2)18(3)32-23/h6-7,12,19H,5,8-11,13-16H2,1-4H3,(H,25,26). The summed E-state index contributed by atoms with van der Waals surface area (Å²) in [5.41, 5.74) is 2.16. The molecule has 4 rings (SSSR count). The Bertz CT molecular complexity index is 914. The topological polar surface area (TPSA) is 75.4 Å². The molecule has 0 radical (unpaired) electrons. The molecular weight excluding hydrogens is 406 g/mol. The van der Waals surface area contributed by atoms with Gasteiger partial charge >= 0.3 is 0 Å². The normalized spacial score (nSPS) is 17.1. The fourth-order valence-corrected chi connectivity index (χ4v) is 4.20. The van der Waals surface area contributed by atoms with Crippen molar-refractivity contribution in [3.63, 3.8) is 0 Å². The van der Waals surface area contributed by atoms with E-state index in [0.717, 1.165) is 86.9 Å². The van der Waals surface area contributed by atoms with Gasteiger partial charge in [-0.05, 0) is 70.3 Å². The van der Waals surface area contributed by atoms with Crippen LogP contribution in [0.4, 0.5) is 0 Å². The lowest BCUT2D eigenvalue weighted by molar-refractivity contribution is 0.166. The summed E-state index contributed by atoms with van der Waals surface area (Å²) in [4.78, 5) is 14.1. The van der Waals surface area contributed by atoms with Gasteiger partial charge in [0.15, 0.2) is 17.5 Å². The molecule has 174 valence electrons. The fraction of sp³-hybridized carbons (Fsp3) is 0.583. The second-order valence-electron chi connectivity index (χ2n) is 8.71. The Morgan fingerprint density at radius 1 is 1.22 bits per heavy atom. The summed E-state index contributed by atoms with van der Waals surface area (Å²) >= 11 is 0. The summed E-state index contributed by atoms with van der Waals surface area (Å²) in [6, 6.07) is 6.11. The van der Waals surface area contributed by atoms with Crippen LogP contribution in [0.1, 0.15) is 42.7 Å². The first-order valence-electron chi connectivity index (χ1n) is 11.5. The molecule has 1 saturated heterocycles. The van der Waals surface area contributed by atoms with Crippen LogP contribution in [0.2, 0.25) is 0 Å². The van der Waals surface area contributed by atoms with Gasteiger partial charge in [-0.15, -0.1) is 0 Å². The summed E-state index contributed by atoms with van der Waals surface area (Å²) in [5, 5.41) is 3.43. The van der Waals surface area contributed by atoms with Crippen molar-refractivity contribution >= 4 is 5.96 Å². The Morgan fingerprint density at radius 2 is 2.00 bits per heavy atom. The van der Waals surface area contributed by atoms with Crippen molar-refractivity contribution in [1.29, 1.82) is 0 Å². The Labute approximate surface area is 190 Å². The van der Waals surface area contributed by atoms with Crippen molar-refractivity contribution in [1.82, 2.24) is 20.1 Å². The molecule has 2 aliphatic heterocycles. The molecule has 3 heterocycles. The molecule has 0 unspecified atom stereocenters. The van der Waals surface area contributed by atoms with Crippen LogP contribution >= 0.6 is 0 Å². The maximum Gasteiger partial charge on any atom is 0.231 e. The first-order valence-corrected chi connectivity index (χ1v) is 11.5. The highest BCUT2D eigenvalue weighted by Gasteiger charge is 2.21. The van der Waals surface area contributed by atoms with Gasteiger partial charge in [0, 0.05) is 26.7 Å². The minimum atomic E-state index is 0.300. The second kappa shape index (κ2) is 10.3. The van der Waals surface area contributed by atoms with E-state index in [9.17, 15) is 0 Å². The molecule has 0 spiro atoms. The number of ether oxygens (including phenoxy) is 2. The van der Waals surface area contributed by atoms with Crippen LogP contribution in [-0.4, -0.2) is 60.8 Å². The predicted octanol–water partition coefficient (Wildman–Crippen LogP) is 3.33. The average molecular weight is 442 g/mol. The fourth-order valence-electron chi connectivity index (χ4n) is 4.20. The maximum atomic E-state index is 5.75. The number of hydrogen-bond acceptors (Lipinski definition) is 6. The van der Waals surface area contributed by atoms with Gasteiger partial charge in [-0.1, -0.05) is 6.07 Å². The monoisotopic (exact) mass is 441 g/mol. The average Bonchev–Trinajstić information content (AvgIpc) is 3.37. The number of nitrogens with zero attached hydrogens (tertiary/aromatic N) is 4. The van der Waals surface area contributed by atoms with Crippen molar-refractivity contribution in [2.24, 2.45) is 10.9 Å². The number of aromatic nitrogens is 1. The van der Waals surface area contributed by atoms with Gasteiger partial charge in [0.25, 0.3) is 0 Å². The zero-order valence-electron chi connectivity index (χ0n) is 19.7. The largest absolute Gasteiger partial charge is 0.454 e. The Hall–Kier alpha value is -2.74. The number of fused-ring (bicyclic) bond motifs is 1.